The lowest BCUT2D eigenvalue weighted by Gasteiger charge is -2.29. The highest BCUT2D eigenvalue weighted by Gasteiger charge is 2.34. The predicted molar refractivity (Wildman–Crippen MR) is 108 cm³/mol. The van der Waals surface area contributed by atoms with Crippen LogP contribution in [0.2, 0.25) is 5.02 Å². The molecule has 2 aromatic rings. The van der Waals surface area contributed by atoms with Gasteiger partial charge < -0.3 is 20.1 Å². The second-order valence-corrected chi connectivity index (χ2v) is 8.10. The van der Waals surface area contributed by atoms with E-state index in [-0.39, 0.29) is 18.1 Å². The monoisotopic (exact) mass is 402 g/mol. The number of nitrogens with one attached hydrogen (secondary N) is 2. The van der Waals surface area contributed by atoms with E-state index in [1.54, 1.807) is 0 Å². The van der Waals surface area contributed by atoms with Crippen LogP contribution in [0.15, 0.2) is 24.3 Å². The van der Waals surface area contributed by atoms with E-state index < -0.39 is 0 Å². The SMILES string of the molecule is Cc1nnc([C@H]2CCCN2C(=O)N[C@H]2CCCNC2)n1Cc1ccc(Cl)cc1. The van der Waals surface area contributed by atoms with Crippen LogP contribution in [0.4, 0.5) is 4.79 Å². The Morgan fingerprint density at radius 2 is 2.07 bits per heavy atom. The van der Waals surface area contributed by atoms with Crippen LogP contribution < -0.4 is 10.6 Å². The maximum Gasteiger partial charge on any atom is 0.318 e. The molecular weight excluding hydrogens is 376 g/mol. The Morgan fingerprint density at radius 1 is 1.25 bits per heavy atom. The molecule has 28 heavy (non-hydrogen) atoms. The number of halogens is 1. The zero-order valence-corrected chi connectivity index (χ0v) is 17.0. The highest BCUT2D eigenvalue weighted by atomic mass is 35.5. The van der Waals surface area contributed by atoms with Gasteiger partial charge in [-0.3, -0.25) is 0 Å². The standard InChI is InChI=1S/C20H27ClN6O/c1-14-24-25-19(27(14)13-15-6-8-16(21)9-7-15)18-5-3-11-26(18)20(28)23-17-4-2-10-22-12-17/h6-9,17-18,22H,2-5,10-13H2,1H3,(H,23,28)/t17-,18+/m0/s1. The molecule has 4 rings (SSSR count). The first-order valence-corrected chi connectivity index (χ1v) is 10.4. The van der Waals surface area contributed by atoms with E-state index in [2.05, 4.69) is 25.4 Å². The first-order chi connectivity index (χ1) is 13.6. The van der Waals surface area contributed by atoms with Gasteiger partial charge in [-0.05, 0) is 56.8 Å². The van der Waals surface area contributed by atoms with E-state index >= 15 is 0 Å². The van der Waals surface area contributed by atoms with Gasteiger partial charge in [0.2, 0.25) is 0 Å². The Labute approximate surface area is 170 Å². The normalized spacial score (nSPS) is 22.4. The van der Waals surface area contributed by atoms with E-state index in [9.17, 15) is 4.79 Å². The minimum absolute atomic E-state index is 0.00916. The van der Waals surface area contributed by atoms with Gasteiger partial charge in [0, 0.05) is 24.2 Å². The van der Waals surface area contributed by atoms with Crippen molar-refractivity contribution >= 4 is 17.6 Å². The van der Waals surface area contributed by atoms with Gasteiger partial charge in [0.05, 0.1) is 12.6 Å². The van der Waals surface area contributed by atoms with Crippen LogP contribution in [0.25, 0.3) is 0 Å². The van der Waals surface area contributed by atoms with Crippen molar-refractivity contribution in [1.29, 1.82) is 0 Å². The van der Waals surface area contributed by atoms with Crippen molar-refractivity contribution in [1.82, 2.24) is 30.3 Å². The van der Waals surface area contributed by atoms with Crippen molar-refractivity contribution in [3.8, 4) is 0 Å². The number of aryl methyl sites for hydroxylation is 1. The van der Waals surface area contributed by atoms with E-state index in [4.69, 9.17) is 11.6 Å². The van der Waals surface area contributed by atoms with Gasteiger partial charge in [0.1, 0.15) is 5.82 Å². The van der Waals surface area contributed by atoms with Gasteiger partial charge >= 0.3 is 6.03 Å². The summed E-state index contributed by atoms with van der Waals surface area (Å²) in [6, 6.07) is 7.99. The molecule has 2 amide bonds. The van der Waals surface area contributed by atoms with E-state index in [0.717, 1.165) is 67.6 Å². The zero-order valence-electron chi connectivity index (χ0n) is 16.2. The zero-order chi connectivity index (χ0) is 19.5. The lowest BCUT2D eigenvalue weighted by molar-refractivity contribution is 0.183. The van der Waals surface area contributed by atoms with Crippen LogP contribution in [0, 0.1) is 6.92 Å². The van der Waals surface area contributed by atoms with Crippen LogP contribution in [-0.4, -0.2) is 51.4 Å². The summed E-state index contributed by atoms with van der Waals surface area (Å²) in [5.74, 6) is 1.72. The minimum atomic E-state index is -0.0370. The fourth-order valence-electron chi connectivity index (χ4n) is 4.12. The highest BCUT2D eigenvalue weighted by Crippen LogP contribution is 2.31. The summed E-state index contributed by atoms with van der Waals surface area (Å²) in [4.78, 5) is 14.9. The first kappa shape index (κ1) is 19.2. The summed E-state index contributed by atoms with van der Waals surface area (Å²) >= 11 is 6.01. The van der Waals surface area contributed by atoms with Gasteiger partial charge in [-0.2, -0.15) is 0 Å². The van der Waals surface area contributed by atoms with E-state index in [1.165, 1.54) is 0 Å². The maximum absolute atomic E-state index is 12.9. The lowest BCUT2D eigenvalue weighted by atomic mass is 10.1. The molecule has 3 heterocycles. The largest absolute Gasteiger partial charge is 0.334 e. The number of urea groups is 1. The molecule has 2 fully saturated rings. The topological polar surface area (TPSA) is 75.1 Å². The molecule has 1 aromatic carbocycles. The van der Waals surface area contributed by atoms with Gasteiger partial charge in [0.25, 0.3) is 0 Å². The van der Waals surface area contributed by atoms with Crippen LogP contribution in [-0.2, 0) is 6.54 Å². The molecular formula is C20H27ClN6O. The second kappa shape index (κ2) is 8.49. The number of aromatic nitrogens is 3. The molecule has 2 saturated heterocycles. The number of nitrogens with zero attached hydrogens (tertiary/aromatic N) is 4. The minimum Gasteiger partial charge on any atom is -0.334 e. The lowest BCUT2D eigenvalue weighted by Crippen LogP contribution is -2.50. The van der Waals surface area contributed by atoms with Crippen molar-refractivity contribution in [3.05, 3.63) is 46.5 Å². The van der Waals surface area contributed by atoms with E-state index in [0.29, 0.717) is 6.54 Å². The third-order valence-electron chi connectivity index (χ3n) is 5.65. The summed E-state index contributed by atoms with van der Waals surface area (Å²) in [6.07, 6.45) is 4.02. The summed E-state index contributed by atoms with van der Waals surface area (Å²) in [5.41, 5.74) is 1.14. The van der Waals surface area contributed by atoms with Crippen LogP contribution >= 0.6 is 11.6 Å². The molecule has 2 atom stereocenters. The third-order valence-corrected chi connectivity index (χ3v) is 5.91. The maximum atomic E-state index is 12.9. The Kier molecular flexibility index (Phi) is 5.82. The van der Waals surface area contributed by atoms with Crippen molar-refractivity contribution in [2.75, 3.05) is 19.6 Å². The Hall–Kier alpha value is -2.12. The van der Waals surface area contributed by atoms with E-state index in [1.807, 2.05) is 36.1 Å². The number of carbonyl (C=O) groups excluding carboxylic acids is 1. The quantitative estimate of drug-likeness (QED) is 0.824. The van der Waals surface area contributed by atoms with Crippen molar-refractivity contribution in [2.45, 2.75) is 51.2 Å². The first-order valence-electron chi connectivity index (χ1n) is 10.0. The summed E-state index contributed by atoms with van der Waals surface area (Å²) in [5, 5.41) is 16.0. The fraction of sp³-hybridized carbons (Fsp3) is 0.550. The molecule has 8 heteroatoms. The average Bonchev–Trinajstić information content (AvgIpc) is 3.32. The molecule has 2 aliphatic heterocycles. The summed E-state index contributed by atoms with van der Waals surface area (Å²) < 4.78 is 2.11. The summed E-state index contributed by atoms with van der Waals surface area (Å²) in [6.45, 7) is 5.26. The molecule has 0 saturated carbocycles. The fourth-order valence-corrected chi connectivity index (χ4v) is 4.25. The van der Waals surface area contributed by atoms with Gasteiger partial charge in [0.15, 0.2) is 5.82 Å². The highest BCUT2D eigenvalue weighted by molar-refractivity contribution is 6.30. The number of benzene rings is 1. The number of rotatable bonds is 4. The Morgan fingerprint density at radius 3 is 2.82 bits per heavy atom. The van der Waals surface area contributed by atoms with Gasteiger partial charge in [-0.15, -0.1) is 10.2 Å². The number of hydrogen-bond donors (Lipinski definition) is 2. The number of amides is 2. The number of carbonyl (C=O) groups is 1. The van der Waals surface area contributed by atoms with Gasteiger partial charge in [-0.1, -0.05) is 23.7 Å². The molecule has 0 spiro atoms. The molecule has 0 bridgehead atoms. The number of piperidine rings is 1. The molecule has 0 aliphatic carbocycles. The van der Waals surface area contributed by atoms with Crippen LogP contribution in [0.5, 0.6) is 0 Å². The molecule has 7 nitrogen and oxygen atoms in total. The number of likely N-dealkylation sites (tertiary alicyclic amines) is 1. The Balaban J connectivity index is 1.51. The van der Waals surface area contributed by atoms with Crippen molar-refractivity contribution < 1.29 is 4.79 Å². The van der Waals surface area contributed by atoms with Crippen LogP contribution in [0.3, 0.4) is 0 Å². The smallest absolute Gasteiger partial charge is 0.318 e. The molecule has 150 valence electrons. The predicted octanol–water partition coefficient (Wildman–Crippen LogP) is 2.89. The Bertz CT molecular complexity index is 815. The van der Waals surface area contributed by atoms with Crippen molar-refractivity contribution in [2.24, 2.45) is 0 Å². The molecule has 1 aromatic heterocycles. The second-order valence-electron chi connectivity index (χ2n) is 7.66. The third kappa shape index (κ3) is 4.15. The molecule has 0 radical (unpaired) electrons. The van der Waals surface area contributed by atoms with Gasteiger partial charge in [-0.25, -0.2) is 4.79 Å². The molecule has 2 aliphatic rings. The average molecular weight is 403 g/mol. The molecule has 2 N–H and O–H groups in total. The van der Waals surface area contributed by atoms with Crippen molar-refractivity contribution in [3.63, 3.8) is 0 Å². The van der Waals surface area contributed by atoms with Crippen LogP contribution in [0.1, 0.15) is 48.9 Å². The number of hydrogen-bond acceptors (Lipinski definition) is 4. The molecule has 0 unspecified atom stereocenters. The summed E-state index contributed by atoms with van der Waals surface area (Å²) in [7, 11) is 0.